The van der Waals surface area contributed by atoms with E-state index < -0.39 is 0 Å². The summed E-state index contributed by atoms with van der Waals surface area (Å²) in [6, 6.07) is 119. The Balaban J connectivity index is 0.000000150. The summed E-state index contributed by atoms with van der Waals surface area (Å²) in [5.74, 6) is 5.45. The molecule has 0 unspecified atom stereocenters. The van der Waals surface area contributed by atoms with Crippen molar-refractivity contribution in [1.82, 2.24) is 34.3 Å². The molecule has 15 aromatic rings. The van der Waals surface area contributed by atoms with E-state index in [1.807, 2.05) is 151 Å². The zero-order valence-corrected chi connectivity index (χ0v) is 63.0. The third-order valence-electron chi connectivity index (χ3n) is 15.0. The Morgan fingerprint density at radius 3 is 1.18 bits per heavy atom. The van der Waals surface area contributed by atoms with Gasteiger partial charge in [-0.15, -0.1) is 119 Å². The average molecular weight is 2000 g/mol. The second-order valence-electron chi connectivity index (χ2n) is 21.2. The first-order valence-electron chi connectivity index (χ1n) is 30.1. The van der Waals surface area contributed by atoms with Crippen molar-refractivity contribution in [3.8, 4) is 112 Å². The van der Waals surface area contributed by atoms with Gasteiger partial charge in [-0.2, -0.15) is 36.2 Å². The molecule has 16 rings (SSSR count). The van der Waals surface area contributed by atoms with Crippen LogP contribution in [0.1, 0.15) is 5.56 Å². The van der Waals surface area contributed by atoms with Gasteiger partial charge in [-0.25, -0.2) is 14.5 Å². The molecule has 0 N–H and O–H groups in total. The van der Waals surface area contributed by atoms with E-state index in [0.717, 1.165) is 61.3 Å². The molecule has 0 fully saturated rings. The third kappa shape index (κ3) is 19.0. The van der Waals surface area contributed by atoms with Crippen LogP contribution in [0.3, 0.4) is 0 Å². The number of aryl methyl sites for hydroxylation is 1. The van der Waals surface area contributed by atoms with Gasteiger partial charge in [-0.3, -0.25) is 26.4 Å². The van der Waals surface area contributed by atoms with Crippen molar-refractivity contribution in [2.45, 2.75) is 0 Å². The van der Waals surface area contributed by atoms with Gasteiger partial charge >= 0.3 is 0 Å². The molecule has 0 saturated heterocycles. The van der Waals surface area contributed by atoms with Gasteiger partial charge in [0.2, 0.25) is 5.89 Å². The number of hydrogen-bond donors (Lipinski definition) is 0. The molecule has 4 radical (unpaired) electrons. The van der Waals surface area contributed by atoms with Crippen molar-refractivity contribution in [1.29, 1.82) is 0 Å². The number of thioether (sulfide) groups is 1. The summed E-state index contributed by atoms with van der Waals surface area (Å²) < 4.78 is 11.6. The minimum absolute atomic E-state index is 0. The molecular formula is C82H57Ir4N8OS2-5. The maximum absolute atomic E-state index is 5.37. The molecule has 0 aliphatic carbocycles. The molecular weight excluding hydrogens is 1950 g/mol. The van der Waals surface area contributed by atoms with E-state index in [2.05, 4.69) is 247 Å². The standard InChI is InChI=1S/C21H16N3.C21H15NS.C20H13N2O.C20H13N2S.4Ir/c1-24-21(22-20(23-24)18-10-6-3-7-11-18)19-14-12-17(13-15-19)16-8-4-2-5-9-16;1-3-7-17(8-4-1)18-11-13-19(14-12-18)21-15-22(16-23-21)20-9-5-2-6-10-20;2*1-3-7-15(8-4-1)16-11-13-18(14-12-16)20-21-19(22-23-20)17-9-5-2-6-10-17;;;;/h2-10,12-15H,1H3;1-9,11-16H;2*1-9,11-14H;;;;/q-1;-2;2*-1;;;;. The van der Waals surface area contributed by atoms with Crippen LogP contribution in [-0.2, 0) is 87.5 Å². The molecule has 0 saturated carbocycles. The number of benzene rings is 12. The molecule has 0 atom stereocenters. The minimum Gasteiger partial charge on any atom is -0.509 e. The molecule has 484 valence electrons. The van der Waals surface area contributed by atoms with E-state index >= 15 is 0 Å². The van der Waals surface area contributed by atoms with Gasteiger partial charge in [-0.1, -0.05) is 206 Å². The first-order chi connectivity index (χ1) is 46.0. The van der Waals surface area contributed by atoms with Gasteiger partial charge in [-0.05, 0) is 84.8 Å². The van der Waals surface area contributed by atoms with E-state index in [9.17, 15) is 0 Å². The van der Waals surface area contributed by atoms with Crippen LogP contribution < -0.4 is 4.90 Å². The van der Waals surface area contributed by atoms with Crippen molar-refractivity contribution in [2.75, 3.05) is 4.90 Å². The number of nitrogens with zero attached hydrogens (tertiary/aromatic N) is 8. The van der Waals surface area contributed by atoms with Crippen LogP contribution in [0, 0.1) is 30.1 Å². The van der Waals surface area contributed by atoms with E-state index in [1.165, 1.54) is 60.9 Å². The normalized spacial score (nSPS) is 11.0. The molecule has 1 aliphatic heterocycles. The van der Waals surface area contributed by atoms with E-state index in [-0.39, 0.29) is 80.4 Å². The first-order valence-corrected chi connectivity index (χ1v) is 31.8. The second kappa shape index (κ2) is 36.4. The van der Waals surface area contributed by atoms with Gasteiger partial charge in [0.25, 0.3) is 0 Å². The van der Waals surface area contributed by atoms with Crippen LogP contribution in [0.15, 0.2) is 326 Å². The fourth-order valence-electron chi connectivity index (χ4n) is 10.1. The van der Waals surface area contributed by atoms with Gasteiger partial charge in [0, 0.05) is 104 Å². The number of aromatic nitrogens is 7. The number of hydrogen-bond acceptors (Lipinski definition) is 10. The predicted molar refractivity (Wildman–Crippen MR) is 380 cm³/mol. The van der Waals surface area contributed by atoms with Gasteiger partial charge in [0.1, 0.15) is 16.7 Å². The van der Waals surface area contributed by atoms with E-state index in [1.54, 1.807) is 11.8 Å². The largest absolute Gasteiger partial charge is 0.509 e. The topological polar surface area (TPSA) is 98.6 Å². The maximum Gasteiger partial charge on any atom is 0.247 e. The van der Waals surface area contributed by atoms with Crippen molar-refractivity contribution in [2.24, 2.45) is 7.05 Å². The molecule has 0 spiro atoms. The summed E-state index contributed by atoms with van der Waals surface area (Å²) in [6.07, 6.45) is 2.16. The fraction of sp³-hybridized carbons (Fsp3) is 0.0122. The molecule has 4 heterocycles. The summed E-state index contributed by atoms with van der Waals surface area (Å²) in [7, 11) is 1.92. The monoisotopic (exact) mass is 2010 g/mol. The smallest absolute Gasteiger partial charge is 0.247 e. The SMILES string of the molecule is Cn1nc(-c2[c-]cccc2)nc1-c1ccc(-c2ccccc2)cc1.[Ir].[Ir].[Ir].[Ir].[c-]1ccccc1-c1noc(-c2ccc(-c3ccccc3)cc2)n1.[c-]1ccccc1-c1nsc(-c2ccc(-c3ccccc3)cc2)n1.[c-]1ccccc1N1C=C(c2ccc(-c3ccccc3)cc2)S[CH-]1. The fourth-order valence-corrected chi connectivity index (χ4v) is 11.7. The van der Waals surface area contributed by atoms with Crippen LogP contribution in [0.4, 0.5) is 5.69 Å². The molecule has 97 heavy (non-hydrogen) atoms. The van der Waals surface area contributed by atoms with Crippen LogP contribution in [0.25, 0.3) is 117 Å². The van der Waals surface area contributed by atoms with Crippen molar-refractivity contribution in [3.63, 3.8) is 0 Å². The Labute approximate surface area is 628 Å². The van der Waals surface area contributed by atoms with Crippen LogP contribution in [-0.4, -0.2) is 34.3 Å². The molecule has 9 nitrogen and oxygen atoms in total. The number of rotatable bonds is 12. The number of anilines is 1. The van der Waals surface area contributed by atoms with E-state index in [0.29, 0.717) is 17.5 Å². The Hall–Kier alpha value is -9.03. The van der Waals surface area contributed by atoms with Crippen LogP contribution in [0.2, 0.25) is 0 Å². The van der Waals surface area contributed by atoms with Crippen molar-refractivity contribution >= 4 is 33.9 Å². The Morgan fingerprint density at radius 2 is 0.732 bits per heavy atom. The third-order valence-corrected chi connectivity index (χ3v) is 16.7. The summed E-state index contributed by atoms with van der Waals surface area (Å²) in [4.78, 5) is 17.1. The summed E-state index contributed by atoms with van der Waals surface area (Å²) in [6.45, 7) is 0. The quantitative estimate of drug-likeness (QED) is 0.111. The van der Waals surface area contributed by atoms with Gasteiger partial charge in [0.15, 0.2) is 0 Å². The predicted octanol–water partition coefficient (Wildman–Crippen LogP) is 20.6. The minimum atomic E-state index is 0. The van der Waals surface area contributed by atoms with Gasteiger partial charge < -0.3 is 9.42 Å². The Kier molecular flexibility index (Phi) is 27.1. The van der Waals surface area contributed by atoms with E-state index in [4.69, 9.17) is 4.52 Å². The van der Waals surface area contributed by atoms with Crippen LogP contribution >= 0.6 is 23.3 Å². The van der Waals surface area contributed by atoms with Crippen molar-refractivity contribution in [3.05, 3.63) is 357 Å². The average Bonchev–Trinajstić information content (AvgIpc) is 1.85. The Bertz CT molecular complexity index is 4650. The number of para-hydroxylation sites is 1. The molecule has 1 aliphatic rings. The van der Waals surface area contributed by atoms with Crippen LogP contribution in [0.5, 0.6) is 0 Å². The zero-order chi connectivity index (χ0) is 62.8. The molecule has 3 aromatic heterocycles. The summed E-state index contributed by atoms with van der Waals surface area (Å²) >= 11 is 3.16. The van der Waals surface area contributed by atoms with Crippen molar-refractivity contribution < 1.29 is 84.9 Å². The molecule has 12 aromatic carbocycles. The first kappa shape index (κ1) is 72.2. The maximum atomic E-state index is 5.37. The molecule has 0 amide bonds. The molecule has 15 heteroatoms. The summed E-state index contributed by atoms with van der Waals surface area (Å²) in [5, 5.41) is 9.47. The molecule has 0 bridgehead atoms. The summed E-state index contributed by atoms with van der Waals surface area (Å²) in [5.41, 5.74) is 17.7. The zero-order valence-electron chi connectivity index (χ0n) is 51.8. The second-order valence-corrected chi connectivity index (χ2v) is 22.8. The Morgan fingerprint density at radius 1 is 0.351 bits per heavy atom. The van der Waals surface area contributed by atoms with Gasteiger partial charge in [0.05, 0.1) is 11.6 Å².